The molecule has 0 aliphatic carbocycles. The van der Waals surface area contributed by atoms with Crippen molar-refractivity contribution in [2.75, 3.05) is 6.61 Å². The number of carboxylic acids is 1. The molecule has 0 saturated heterocycles. The van der Waals surface area contributed by atoms with Crippen LogP contribution >= 0.6 is 0 Å². The average Bonchev–Trinajstić information content (AvgIpc) is 3.32. The highest BCUT2D eigenvalue weighted by Crippen LogP contribution is 2.30. The van der Waals surface area contributed by atoms with Crippen LogP contribution in [0.1, 0.15) is 23.9 Å². The van der Waals surface area contributed by atoms with Crippen molar-refractivity contribution in [3.63, 3.8) is 0 Å². The van der Waals surface area contributed by atoms with Gasteiger partial charge in [-0.1, -0.05) is 30.3 Å². The number of alkyl halides is 3. The first-order chi connectivity index (χ1) is 21.0. The molecule has 0 amide bonds. The van der Waals surface area contributed by atoms with Crippen molar-refractivity contribution in [1.29, 1.82) is 0 Å². The van der Waals surface area contributed by atoms with E-state index in [1.807, 2.05) is 13.0 Å². The number of aromatic nitrogens is 3. The van der Waals surface area contributed by atoms with Crippen molar-refractivity contribution in [3.05, 3.63) is 124 Å². The van der Waals surface area contributed by atoms with E-state index in [1.54, 1.807) is 36.4 Å². The van der Waals surface area contributed by atoms with Crippen LogP contribution in [0.25, 0.3) is 22.5 Å². The maximum Gasteiger partial charge on any atom is 0.416 e. The van der Waals surface area contributed by atoms with Gasteiger partial charge < -0.3 is 14.6 Å². The molecular weight excluding hydrogens is 582 g/mol. The molecule has 44 heavy (non-hydrogen) atoms. The molecule has 226 valence electrons. The molecule has 0 aliphatic rings. The summed E-state index contributed by atoms with van der Waals surface area (Å²) >= 11 is 0. The van der Waals surface area contributed by atoms with Crippen LogP contribution < -0.4 is 15.2 Å². The van der Waals surface area contributed by atoms with Gasteiger partial charge in [-0.15, -0.1) is 5.10 Å². The third-order valence-electron chi connectivity index (χ3n) is 6.64. The smallest absolute Gasteiger partial charge is 0.416 e. The van der Waals surface area contributed by atoms with Crippen molar-refractivity contribution in [2.45, 2.75) is 26.1 Å². The summed E-state index contributed by atoms with van der Waals surface area (Å²) in [6.45, 7) is 1.93. The summed E-state index contributed by atoms with van der Waals surface area (Å²) < 4.78 is 67.2. The molecule has 4 aromatic carbocycles. The number of benzene rings is 4. The van der Waals surface area contributed by atoms with Crippen LogP contribution in [0.2, 0.25) is 0 Å². The molecule has 0 aliphatic heterocycles. The molecule has 0 atom stereocenters. The molecule has 1 heterocycles. The van der Waals surface area contributed by atoms with Gasteiger partial charge in [-0.3, -0.25) is 4.79 Å². The highest BCUT2D eigenvalue weighted by molar-refractivity contribution is 5.74. The maximum atomic E-state index is 14.8. The van der Waals surface area contributed by atoms with Gasteiger partial charge in [0.25, 0.3) is 0 Å². The first kappa shape index (κ1) is 30.1. The Balaban J connectivity index is 1.43. The average molecular weight is 608 g/mol. The molecule has 8 nitrogen and oxygen atoms in total. The van der Waals surface area contributed by atoms with Crippen LogP contribution in [-0.2, 0) is 24.0 Å². The maximum absolute atomic E-state index is 14.8. The van der Waals surface area contributed by atoms with Crippen LogP contribution in [0.4, 0.5) is 17.6 Å². The number of rotatable bonds is 10. The lowest BCUT2D eigenvalue weighted by atomic mass is 10.0. The van der Waals surface area contributed by atoms with Gasteiger partial charge in [-0.2, -0.15) is 17.9 Å². The summed E-state index contributed by atoms with van der Waals surface area (Å²) in [6.07, 6.45) is -4.76. The number of carboxylic acid groups (broad SMARTS) is 1. The zero-order chi connectivity index (χ0) is 31.4. The number of hydrogen-bond donors (Lipinski definition) is 1. The molecule has 0 radical (unpaired) electrons. The van der Waals surface area contributed by atoms with Crippen molar-refractivity contribution in [3.8, 4) is 34.0 Å². The van der Waals surface area contributed by atoms with Crippen molar-refractivity contribution >= 4 is 5.97 Å². The zero-order valence-electron chi connectivity index (χ0n) is 23.2. The standard InChI is InChI=1S/C32H25F4N3O5/c1-2-43-28-16-9-21(17-22(28)18-30(40)41)20-7-14-25(15-8-20)44-19-29-37-39(24-12-10-23(11-13-24)32(34,35)36)31(42)38(29)27-6-4-3-5-26(27)33/h3-17H,2,18-19H2,1H3,(H,40,41). The number of ether oxygens (including phenoxy) is 2. The monoisotopic (exact) mass is 607 g/mol. The predicted molar refractivity (Wildman–Crippen MR) is 153 cm³/mol. The fraction of sp³-hybridized carbons (Fsp3) is 0.156. The molecule has 0 saturated carbocycles. The summed E-state index contributed by atoms with van der Waals surface area (Å²) in [7, 11) is 0. The second-order valence-electron chi connectivity index (χ2n) is 9.58. The number of nitrogens with zero attached hydrogens (tertiary/aromatic N) is 3. The number of hydrogen-bond acceptors (Lipinski definition) is 5. The number of aliphatic carboxylic acids is 1. The quantitative estimate of drug-likeness (QED) is 0.183. The minimum atomic E-state index is -4.56. The molecular formula is C32H25F4N3O5. The minimum absolute atomic E-state index is 0.00824. The fourth-order valence-corrected chi connectivity index (χ4v) is 4.58. The Kier molecular flexibility index (Phi) is 8.52. The van der Waals surface area contributed by atoms with Crippen LogP contribution in [0.3, 0.4) is 0 Å². The second-order valence-corrected chi connectivity index (χ2v) is 9.58. The number of para-hydroxylation sites is 1. The van der Waals surface area contributed by atoms with E-state index in [-0.39, 0.29) is 30.2 Å². The van der Waals surface area contributed by atoms with Crippen LogP contribution in [0.5, 0.6) is 11.5 Å². The van der Waals surface area contributed by atoms with Crippen LogP contribution in [0.15, 0.2) is 95.8 Å². The van der Waals surface area contributed by atoms with Crippen LogP contribution in [0, 0.1) is 5.82 Å². The summed E-state index contributed by atoms with van der Waals surface area (Å²) in [6, 6.07) is 21.6. The molecule has 5 aromatic rings. The Morgan fingerprint density at radius 2 is 1.59 bits per heavy atom. The molecule has 0 unspecified atom stereocenters. The summed E-state index contributed by atoms with van der Waals surface area (Å²) in [5.41, 5.74) is 0.349. The first-order valence-corrected chi connectivity index (χ1v) is 13.4. The van der Waals surface area contributed by atoms with Crippen molar-refractivity contribution < 1.29 is 36.9 Å². The Morgan fingerprint density at radius 1 is 0.909 bits per heavy atom. The topological polar surface area (TPSA) is 95.6 Å². The zero-order valence-corrected chi connectivity index (χ0v) is 23.2. The highest BCUT2D eigenvalue weighted by Gasteiger charge is 2.30. The van der Waals surface area contributed by atoms with Gasteiger partial charge in [-0.05, 0) is 78.7 Å². The second kappa shape index (κ2) is 12.5. The van der Waals surface area contributed by atoms with Gasteiger partial charge in [-0.25, -0.2) is 13.8 Å². The molecule has 0 bridgehead atoms. The summed E-state index contributed by atoms with van der Waals surface area (Å²) in [5.74, 6) is -0.794. The molecule has 1 N–H and O–H groups in total. The third kappa shape index (κ3) is 6.48. The largest absolute Gasteiger partial charge is 0.494 e. The highest BCUT2D eigenvalue weighted by atomic mass is 19.4. The van der Waals surface area contributed by atoms with Crippen molar-refractivity contribution in [1.82, 2.24) is 14.3 Å². The van der Waals surface area contributed by atoms with Gasteiger partial charge in [0, 0.05) is 5.56 Å². The molecule has 12 heteroatoms. The van der Waals surface area contributed by atoms with E-state index < -0.39 is 29.2 Å². The van der Waals surface area contributed by atoms with E-state index in [0.717, 1.165) is 44.6 Å². The Morgan fingerprint density at radius 3 is 2.23 bits per heavy atom. The SMILES string of the molecule is CCOc1ccc(-c2ccc(OCc3nn(-c4ccc(C(F)(F)F)cc4)c(=O)n3-c3ccccc3F)cc2)cc1CC(=O)O. The Bertz CT molecular complexity index is 1850. The lowest BCUT2D eigenvalue weighted by molar-refractivity contribution is -0.138. The molecule has 0 spiro atoms. The predicted octanol–water partition coefficient (Wildman–Crippen LogP) is 6.45. The number of carbonyl (C=O) groups is 1. The van der Waals surface area contributed by atoms with E-state index >= 15 is 0 Å². The minimum Gasteiger partial charge on any atom is -0.494 e. The fourth-order valence-electron chi connectivity index (χ4n) is 4.58. The normalized spacial score (nSPS) is 11.4. The Hall–Kier alpha value is -5.39. The van der Waals surface area contributed by atoms with Gasteiger partial charge in [0.15, 0.2) is 5.82 Å². The van der Waals surface area contributed by atoms with E-state index in [4.69, 9.17) is 9.47 Å². The van der Waals surface area contributed by atoms with Crippen molar-refractivity contribution in [2.24, 2.45) is 0 Å². The van der Waals surface area contributed by atoms with Gasteiger partial charge in [0.2, 0.25) is 0 Å². The lowest BCUT2D eigenvalue weighted by Gasteiger charge is -2.12. The molecule has 5 rings (SSSR count). The number of halogens is 4. The summed E-state index contributed by atoms with van der Waals surface area (Å²) in [4.78, 5) is 24.7. The summed E-state index contributed by atoms with van der Waals surface area (Å²) in [5, 5.41) is 13.5. The van der Waals surface area contributed by atoms with Gasteiger partial charge in [0.05, 0.1) is 30.0 Å². The Labute approximate surface area is 248 Å². The van der Waals surface area contributed by atoms with E-state index in [2.05, 4.69) is 5.10 Å². The van der Waals surface area contributed by atoms with E-state index in [0.29, 0.717) is 23.7 Å². The third-order valence-corrected chi connectivity index (χ3v) is 6.64. The van der Waals surface area contributed by atoms with Gasteiger partial charge in [0.1, 0.15) is 23.9 Å². The van der Waals surface area contributed by atoms with Gasteiger partial charge >= 0.3 is 17.8 Å². The van der Waals surface area contributed by atoms with Crippen LogP contribution in [-0.4, -0.2) is 32.0 Å². The van der Waals surface area contributed by atoms with E-state index in [1.165, 1.54) is 24.3 Å². The molecule has 0 fully saturated rings. The lowest BCUT2D eigenvalue weighted by Crippen LogP contribution is -2.24. The van der Waals surface area contributed by atoms with E-state index in [9.17, 15) is 32.3 Å². The first-order valence-electron chi connectivity index (χ1n) is 13.4. The molecule has 1 aromatic heterocycles.